The second-order valence-corrected chi connectivity index (χ2v) is 7.91. The van der Waals surface area contributed by atoms with Crippen LogP contribution in [-0.2, 0) is 9.59 Å². The zero-order valence-corrected chi connectivity index (χ0v) is 18.7. The number of hydrogen-bond acceptors (Lipinski definition) is 6. The quantitative estimate of drug-likeness (QED) is 0.441. The maximum absolute atomic E-state index is 12.7. The van der Waals surface area contributed by atoms with Gasteiger partial charge in [0.25, 0.3) is 11.1 Å². The number of nitrogens with zero attached hydrogens (tertiary/aromatic N) is 1. The Morgan fingerprint density at radius 1 is 1.12 bits per heavy atom. The predicted octanol–water partition coefficient (Wildman–Crippen LogP) is 4.63. The Morgan fingerprint density at radius 2 is 1.88 bits per heavy atom. The molecule has 3 rings (SSSR count). The minimum atomic E-state index is -0.510. The van der Waals surface area contributed by atoms with Gasteiger partial charge in [-0.2, -0.15) is 0 Å². The highest BCUT2D eigenvalue weighted by Crippen LogP contribution is 2.34. The summed E-state index contributed by atoms with van der Waals surface area (Å²) in [6.07, 6.45) is 3.23. The average molecular weight is 453 g/mol. The van der Waals surface area contributed by atoms with E-state index in [-0.39, 0.29) is 11.4 Å². The Balaban J connectivity index is 1.71. The molecule has 1 fully saturated rings. The van der Waals surface area contributed by atoms with Crippen LogP contribution in [0.2, 0.25) is 0 Å². The van der Waals surface area contributed by atoms with E-state index in [2.05, 4.69) is 11.9 Å². The number of thioether (sulfide) groups is 1. The molecular weight excluding hydrogens is 428 g/mol. The van der Waals surface area contributed by atoms with E-state index in [9.17, 15) is 14.4 Å². The molecule has 1 saturated heterocycles. The van der Waals surface area contributed by atoms with Crippen LogP contribution in [0.4, 0.5) is 10.5 Å². The van der Waals surface area contributed by atoms with E-state index in [1.807, 2.05) is 26.0 Å². The molecule has 2 aromatic rings. The lowest BCUT2D eigenvalue weighted by molar-refractivity contribution is -0.127. The fraction of sp³-hybridized carbons (Fsp3) is 0.208. The summed E-state index contributed by atoms with van der Waals surface area (Å²) in [6.45, 7) is 7.85. The lowest BCUT2D eigenvalue weighted by atomic mass is 10.2. The van der Waals surface area contributed by atoms with Crippen LogP contribution in [-0.4, -0.2) is 41.7 Å². The van der Waals surface area contributed by atoms with Crippen molar-refractivity contribution in [2.45, 2.75) is 13.8 Å². The van der Waals surface area contributed by atoms with Gasteiger partial charge >= 0.3 is 0 Å². The third kappa shape index (κ3) is 5.79. The largest absolute Gasteiger partial charge is 0.490 e. The van der Waals surface area contributed by atoms with E-state index in [0.717, 1.165) is 22.2 Å². The minimum absolute atomic E-state index is 0.236. The van der Waals surface area contributed by atoms with E-state index in [4.69, 9.17) is 9.47 Å². The van der Waals surface area contributed by atoms with Crippen molar-refractivity contribution in [2.75, 3.05) is 25.1 Å². The first-order valence-corrected chi connectivity index (χ1v) is 10.9. The Kier molecular flexibility index (Phi) is 7.72. The number of rotatable bonds is 9. The summed E-state index contributed by atoms with van der Waals surface area (Å²) in [5, 5.41) is 2.21. The van der Waals surface area contributed by atoms with Gasteiger partial charge in [-0.3, -0.25) is 19.3 Å². The highest BCUT2D eigenvalue weighted by atomic mass is 32.2. The minimum Gasteiger partial charge on any atom is -0.490 e. The van der Waals surface area contributed by atoms with E-state index in [1.165, 1.54) is 0 Å². The molecule has 1 aliphatic heterocycles. The SMILES string of the molecule is C=CCOc1ccc(/C=C2\SC(=O)N(CC(=O)Nc3ccc(C)cc3)C2=O)cc1OCC. The molecule has 0 unspecified atom stereocenters. The first-order valence-electron chi connectivity index (χ1n) is 10.0. The summed E-state index contributed by atoms with van der Waals surface area (Å²) in [7, 11) is 0. The van der Waals surface area contributed by atoms with Gasteiger partial charge < -0.3 is 14.8 Å². The van der Waals surface area contributed by atoms with Crippen molar-refractivity contribution in [3.63, 3.8) is 0 Å². The first-order chi connectivity index (χ1) is 15.4. The van der Waals surface area contributed by atoms with Crippen LogP contribution in [0.3, 0.4) is 0 Å². The molecule has 7 nitrogen and oxygen atoms in total. The summed E-state index contributed by atoms with van der Waals surface area (Å²) in [4.78, 5) is 38.6. The number of carbonyl (C=O) groups is 3. The van der Waals surface area contributed by atoms with Gasteiger partial charge in [0.05, 0.1) is 11.5 Å². The zero-order valence-electron chi connectivity index (χ0n) is 17.9. The van der Waals surface area contributed by atoms with Gasteiger partial charge in [0, 0.05) is 5.69 Å². The molecule has 8 heteroatoms. The molecule has 0 bridgehead atoms. The second kappa shape index (κ2) is 10.7. The number of hydrogen-bond donors (Lipinski definition) is 1. The van der Waals surface area contributed by atoms with Crippen LogP contribution in [0, 0.1) is 6.92 Å². The molecule has 1 heterocycles. The standard InChI is InChI=1S/C24H24N2O5S/c1-4-12-31-19-11-8-17(13-20(19)30-5-2)14-21-23(28)26(24(29)32-21)15-22(27)25-18-9-6-16(3)7-10-18/h4,6-11,13-14H,1,5,12,15H2,2-3H3,(H,25,27)/b21-14-. The fourth-order valence-electron chi connectivity index (χ4n) is 2.92. The molecule has 0 aliphatic carbocycles. The highest BCUT2D eigenvalue weighted by Gasteiger charge is 2.36. The number of nitrogens with one attached hydrogen (secondary N) is 1. The molecule has 1 N–H and O–H groups in total. The third-order valence-corrected chi connectivity index (χ3v) is 5.34. The molecule has 32 heavy (non-hydrogen) atoms. The van der Waals surface area contributed by atoms with Crippen molar-refractivity contribution in [3.8, 4) is 11.5 Å². The molecule has 0 atom stereocenters. The Morgan fingerprint density at radius 3 is 2.56 bits per heavy atom. The number of ether oxygens (including phenoxy) is 2. The smallest absolute Gasteiger partial charge is 0.294 e. The number of amides is 3. The zero-order chi connectivity index (χ0) is 23.1. The lowest BCUT2D eigenvalue weighted by Crippen LogP contribution is -2.36. The van der Waals surface area contributed by atoms with Crippen molar-refractivity contribution in [1.29, 1.82) is 0 Å². The summed E-state index contributed by atoms with van der Waals surface area (Å²) in [5.74, 6) is 0.133. The molecule has 166 valence electrons. The number of benzene rings is 2. The van der Waals surface area contributed by atoms with Crippen molar-refractivity contribution in [2.24, 2.45) is 0 Å². The maximum Gasteiger partial charge on any atom is 0.294 e. The predicted molar refractivity (Wildman–Crippen MR) is 126 cm³/mol. The first kappa shape index (κ1) is 23.1. The molecule has 0 spiro atoms. The third-order valence-electron chi connectivity index (χ3n) is 4.43. The van der Waals surface area contributed by atoms with Gasteiger partial charge in [0.15, 0.2) is 11.5 Å². The van der Waals surface area contributed by atoms with Crippen molar-refractivity contribution in [3.05, 3.63) is 71.2 Å². The summed E-state index contributed by atoms with van der Waals surface area (Å²) in [6, 6.07) is 12.5. The van der Waals surface area contributed by atoms with Gasteiger partial charge in [-0.15, -0.1) is 0 Å². The lowest BCUT2D eigenvalue weighted by Gasteiger charge is -2.13. The van der Waals surface area contributed by atoms with Crippen LogP contribution in [0.5, 0.6) is 11.5 Å². The topological polar surface area (TPSA) is 84.9 Å². The molecular formula is C24H24N2O5S. The monoisotopic (exact) mass is 452 g/mol. The maximum atomic E-state index is 12.7. The van der Waals surface area contributed by atoms with E-state index >= 15 is 0 Å². The van der Waals surface area contributed by atoms with Crippen LogP contribution in [0.25, 0.3) is 6.08 Å². The van der Waals surface area contributed by atoms with Crippen molar-refractivity contribution in [1.82, 2.24) is 4.90 Å². The Hall–Kier alpha value is -3.52. The summed E-state index contributed by atoms with van der Waals surface area (Å²) >= 11 is 0.797. The second-order valence-electron chi connectivity index (χ2n) is 6.92. The van der Waals surface area contributed by atoms with Gasteiger partial charge in [0.2, 0.25) is 5.91 Å². The Labute approximate surface area is 191 Å². The van der Waals surface area contributed by atoms with Gasteiger partial charge in [-0.05, 0) is 61.5 Å². The van der Waals surface area contributed by atoms with E-state index in [0.29, 0.717) is 36.0 Å². The highest BCUT2D eigenvalue weighted by molar-refractivity contribution is 8.18. The van der Waals surface area contributed by atoms with Gasteiger partial charge in [-0.1, -0.05) is 36.4 Å². The van der Waals surface area contributed by atoms with E-state index < -0.39 is 17.1 Å². The normalized spacial score (nSPS) is 14.6. The van der Waals surface area contributed by atoms with Crippen LogP contribution in [0.1, 0.15) is 18.1 Å². The molecule has 0 saturated carbocycles. The van der Waals surface area contributed by atoms with Crippen molar-refractivity contribution < 1.29 is 23.9 Å². The number of anilines is 1. The average Bonchev–Trinajstić information content (AvgIpc) is 3.02. The van der Waals surface area contributed by atoms with Crippen molar-refractivity contribution >= 4 is 40.6 Å². The molecule has 0 aromatic heterocycles. The fourth-order valence-corrected chi connectivity index (χ4v) is 3.76. The summed E-state index contributed by atoms with van der Waals surface area (Å²) in [5.41, 5.74) is 2.34. The molecule has 2 aromatic carbocycles. The van der Waals surface area contributed by atoms with Crippen LogP contribution >= 0.6 is 11.8 Å². The Bertz CT molecular complexity index is 1060. The number of imide groups is 1. The summed E-state index contributed by atoms with van der Waals surface area (Å²) < 4.78 is 11.2. The van der Waals surface area contributed by atoms with Gasteiger partial charge in [0.1, 0.15) is 13.2 Å². The van der Waals surface area contributed by atoms with Gasteiger partial charge in [-0.25, -0.2) is 0 Å². The molecule has 0 radical (unpaired) electrons. The number of carbonyl (C=O) groups excluding carboxylic acids is 3. The molecule has 3 amide bonds. The molecule has 1 aliphatic rings. The van der Waals surface area contributed by atoms with Crippen LogP contribution in [0.15, 0.2) is 60.0 Å². The van der Waals surface area contributed by atoms with E-state index in [1.54, 1.807) is 42.5 Å². The van der Waals surface area contributed by atoms with Crippen LogP contribution < -0.4 is 14.8 Å². The number of aryl methyl sites for hydroxylation is 1.